The topological polar surface area (TPSA) is 68.3 Å². The lowest BCUT2D eigenvalue weighted by atomic mass is 10.0. The Hall–Kier alpha value is -0.500. The molecule has 0 saturated heterocycles. The Bertz CT molecular complexity index is 544. The van der Waals surface area contributed by atoms with Crippen LogP contribution in [0.15, 0.2) is 27.8 Å². The molecule has 0 atom stereocenters. The fourth-order valence-electron chi connectivity index (χ4n) is 1.88. The zero-order chi connectivity index (χ0) is 13.9. The maximum Gasteiger partial charge on any atom is 0.242 e. The minimum Gasteiger partial charge on any atom is -0.385 e. The van der Waals surface area contributed by atoms with Crippen LogP contribution in [0.3, 0.4) is 0 Å². The highest BCUT2D eigenvalue weighted by Gasteiger charge is 2.42. The van der Waals surface area contributed by atoms with Crippen molar-refractivity contribution in [3.05, 3.63) is 22.9 Å². The van der Waals surface area contributed by atoms with Crippen LogP contribution in [0.4, 0.5) is 0 Å². The van der Waals surface area contributed by atoms with E-state index < -0.39 is 10.0 Å². The first-order chi connectivity index (χ1) is 8.97. The number of hydrogen-bond donors (Lipinski definition) is 1. The zero-order valence-electron chi connectivity index (χ0n) is 10.7. The van der Waals surface area contributed by atoms with Gasteiger partial charge in [-0.15, -0.1) is 0 Å². The molecule has 0 aliphatic heterocycles. The molecule has 1 saturated carbocycles. The molecule has 19 heavy (non-hydrogen) atoms. The molecule has 0 spiro atoms. The van der Waals surface area contributed by atoms with Gasteiger partial charge in [-0.1, -0.05) is 0 Å². The fourth-order valence-corrected chi connectivity index (χ4v) is 3.54. The standard InChI is InChI=1S/C12H17BrN2O3S/c1-18-5-4-12(2-3-12)9-15-19(16,17)11-6-10(13)7-14-8-11/h6-8,15H,2-5,9H2,1H3. The minimum atomic E-state index is -3.48. The van der Waals surface area contributed by atoms with Crippen molar-refractivity contribution in [2.24, 2.45) is 5.41 Å². The van der Waals surface area contributed by atoms with Gasteiger partial charge in [-0.3, -0.25) is 4.98 Å². The highest BCUT2D eigenvalue weighted by molar-refractivity contribution is 9.10. The number of nitrogens with one attached hydrogen (secondary N) is 1. The van der Waals surface area contributed by atoms with Crippen molar-refractivity contribution in [2.75, 3.05) is 20.3 Å². The Morgan fingerprint density at radius 2 is 2.21 bits per heavy atom. The number of hydrogen-bond acceptors (Lipinski definition) is 4. The Kier molecular flexibility index (Phi) is 4.60. The first-order valence-corrected chi connectivity index (χ1v) is 8.34. The van der Waals surface area contributed by atoms with Gasteiger partial charge in [0.05, 0.1) is 0 Å². The van der Waals surface area contributed by atoms with E-state index in [0.29, 0.717) is 17.6 Å². The van der Waals surface area contributed by atoms with E-state index in [1.807, 2.05) is 0 Å². The summed E-state index contributed by atoms with van der Waals surface area (Å²) >= 11 is 3.22. The van der Waals surface area contributed by atoms with E-state index in [0.717, 1.165) is 19.3 Å². The lowest BCUT2D eigenvalue weighted by Crippen LogP contribution is -2.31. The summed E-state index contributed by atoms with van der Waals surface area (Å²) in [5, 5.41) is 0. The molecule has 0 radical (unpaired) electrons. The number of pyridine rings is 1. The molecule has 7 heteroatoms. The van der Waals surface area contributed by atoms with Crippen molar-refractivity contribution in [1.29, 1.82) is 0 Å². The third kappa shape index (κ3) is 3.98. The summed E-state index contributed by atoms with van der Waals surface area (Å²) in [7, 11) is -1.82. The van der Waals surface area contributed by atoms with Crippen LogP contribution in [0, 0.1) is 5.41 Å². The van der Waals surface area contributed by atoms with E-state index in [-0.39, 0.29) is 10.3 Å². The van der Waals surface area contributed by atoms with Crippen molar-refractivity contribution >= 4 is 26.0 Å². The van der Waals surface area contributed by atoms with E-state index in [4.69, 9.17) is 4.74 Å². The first-order valence-electron chi connectivity index (χ1n) is 6.07. The van der Waals surface area contributed by atoms with Crippen molar-refractivity contribution in [1.82, 2.24) is 9.71 Å². The molecule has 0 amide bonds. The smallest absolute Gasteiger partial charge is 0.242 e. The van der Waals surface area contributed by atoms with E-state index in [1.165, 1.54) is 6.20 Å². The molecule has 1 aromatic rings. The summed E-state index contributed by atoms with van der Waals surface area (Å²) in [5.41, 5.74) is 0.0858. The molecule has 1 aliphatic carbocycles. The summed E-state index contributed by atoms with van der Waals surface area (Å²) in [5.74, 6) is 0. The molecule has 1 N–H and O–H groups in total. The molecule has 1 heterocycles. The van der Waals surface area contributed by atoms with Gasteiger partial charge in [0.15, 0.2) is 0 Å². The molecule has 0 aromatic carbocycles. The molecule has 1 fully saturated rings. The maximum absolute atomic E-state index is 12.1. The highest BCUT2D eigenvalue weighted by atomic mass is 79.9. The summed E-state index contributed by atoms with van der Waals surface area (Å²) in [6, 6.07) is 1.55. The number of nitrogens with zero attached hydrogens (tertiary/aromatic N) is 1. The monoisotopic (exact) mass is 348 g/mol. The normalized spacial score (nSPS) is 17.4. The van der Waals surface area contributed by atoms with Gasteiger partial charge in [0.25, 0.3) is 0 Å². The third-order valence-corrected chi connectivity index (χ3v) is 5.22. The maximum atomic E-state index is 12.1. The molecule has 106 valence electrons. The van der Waals surface area contributed by atoms with Crippen molar-refractivity contribution < 1.29 is 13.2 Å². The van der Waals surface area contributed by atoms with Gasteiger partial charge in [0, 0.05) is 37.1 Å². The van der Waals surface area contributed by atoms with Crippen LogP contribution in [0.2, 0.25) is 0 Å². The van der Waals surface area contributed by atoms with Crippen LogP contribution in [0.1, 0.15) is 19.3 Å². The highest BCUT2D eigenvalue weighted by Crippen LogP contribution is 2.48. The molecule has 2 rings (SSSR count). The lowest BCUT2D eigenvalue weighted by Gasteiger charge is -2.15. The van der Waals surface area contributed by atoms with E-state index >= 15 is 0 Å². The number of methoxy groups -OCH3 is 1. The van der Waals surface area contributed by atoms with Crippen LogP contribution in [0.5, 0.6) is 0 Å². The van der Waals surface area contributed by atoms with Crippen molar-refractivity contribution in [3.8, 4) is 0 Å². The molecular weight excluding hydrogens is 332 g/mol. The lowest BCUT2D eigenvalue weighted by molar-refractivity contribution is 0.173. The largest absolute Gasteiger partial charge is 0.385 e. The van der Waals surface area contributed by atoms with Gasteiger partial charge >= 0.3 is 0 Å². The van der Waals surface area contributed by atoms with Gasteiger partial charge in [-0.05, 0) is 46.7 Å². The van der Waals surface area contributed by atoms with Crippen molar-refractivity contribution in [2.45, 2.75) is 24.2 Å². The Labute approximate surface area is 121 Å². The predicted molar refractivity (Wildman–Crippen MR) is 75.3 cm³/mol. The molecule has 1 aliphatic rings. The van der Waals surface area contributed by atoms with Gasteiger partial charge in [-0.25, -0.2) is 13.1 Å². The number of sulfonamides is 1. The summed E-state index contributed by atoms with van der Waals surface area (Å²) < 4.78 is 32.6. The second-order valence-electron chi connectivity index (χ2n) is 4.91. The van der Waals surface area contributed by atoms with Crippen LogP contribution >= 0.6 is 15.9 Å². The summed E-state index contributed by atoms with van der Waals surface area (Å²) in [6.07, 6.45) is 5.90. The van der Waals surface area contributed by atoms with Gasteiger partial charge < -0.3 is 4.74 Å². The molecular formula is C12H17BrN2O3S. The number of aromatic nitrogens is 1. The van der Waals surface area contributed by atoms with Crippen LogP contribution in [0.25, 0.3) is 0 Å². The quantitative estimate of drug-likeness (QED) is 0.817. The van der Waals surface area contributed by atoms with Crippen LogP contribution in [-0.2, 0) is 14.8 Å². The number of halogens is 1. The second kappa shape index (κ2) is 5.87. The third-order valence-electron chi connectivity index (χ3n) is 3.42. The van der Waals surface area contributed by atoms with Gasteiger partial charge in [0.1, 0.15) is 4.90 Å². The average Bonchev–Trinajstić information content (AvgIpc) is 3.15. The summed E-state index contributed by atoms with van der Waals surface area (Å²) in [6.45, 7) is 1.13. The Balaban J connectivity index is 1.99. The van der Waals surface area contributed by atoms with E-state index in [2.05, 4.69) is 25.6 Å². The average molecular weight is 349 g/mol. The molecule has 1 aromatic heterocycles. The van der Waals surface area contributed by atoms with Crippen LogP contribution in [-0.4, -0.2) is 33.7 Å². The predicted octanol–water partition coefficient (Wildman–Crippen LogP) is 1.94. The Morgan fingerprint density at radius 1 is 1.47 bits per heavy atom. The van der Waals surface area contributed by atoms with Gasteiger partial charge in [0.2, 0.25) is 10.0 Å². The number of ether oxygens (including phenoxy) is 1. The fraction of sp³-hybridized carbons (Fsp3) is 0.583. The summed E-state index contributed by atoms with van der Waals surface area (Å²) in [4.78, 5) is 4.06. The van der Waals surface area contributed by atoms with E-state index in [9.17, 15) is 8.42 Å². The Morgan fingerprint density at radius 3 is 2.79 bits per heavy atom. The van der Waals surface area contributed by atoms with E-state index in [1.54, 1.807) is 19.4 Å². The molecule has 0 unspecified atom stereocenters. The SMILES string of the molecule is COCCC1(CNS(=O)(=O)c2cncc(Br)c2)CC1. The molecule has 0 bridgehead atoms. The first kappa shape index (κ1) is 14.9. The van der Waals surface area contributed by atoms with Crippen molar-refractivity contribution in [3.63, 3.8) is 0 Å². The minimum absolute atomic E-state index is 0.0858. The molecule has 5 nitrogen and oxygen atoms in total. The van der Waals surface area contributed by atoms with Gasteiger partial charge in [-0.2, -0.15) is 0 Å². The second-order valence-corrected chi connectivity index (χ2v) is 7.59. The van der Waals surface area contributed by atoms with Crippen LogP contribution < -0.4 is 4.72 Å². The number of rotatable bonds is 7. The zero-order valence-corrected chi connectivity index (χ0v) is 13.1.